The number of carbonyl (C=O) groups excluding carboxylic acids is 1. The molecular weight excluding hydrogens is 422 g/mol. The van der Waals surface area contributed by atoms with Gasteiger partial charge in [-0.15, -0.1) is 0 Å². The van der Waals surface area contributed by atoms with Gasteiger partial charge in [-0.3, -0.25) is 0 Å². The molecule has 188 valence electrons. The number of rotatable bonds is 20. The number of hydrogen-bond donors (Lipinski definition) is 2. The lowest BCUT2D eigenvalue weighted by Crippen LogP contribution is -2.16. The Labute approximate surface area is 199 Å². The summed E-state index contributed by atoms with van der Waals surface area (Å²) in [5.41, 5.74) is 0.761. The van der Waals surface area contributed by atoms with Crippen LogP contribution in [0.4, 0.5) is 0 Å². The van der Waals surface area contributed by atoms with Crippen LogP contribution in [0.2, 0.25) is 0 Å². The third kappa shape index (κ3) is 13.1. The molecule has 0 aliphatic heterocycles. The summed E-state index contributed by atoms with van der Waals surface area (Å²) >= 11 is 0. The zero-order chi connectivity index (χ0) is 24.2. The van der Waals surface area contributed by atoms with Gasteiger partial charge in [-0.25, -0.2) is 4.79 Å². The lowest BCUT2D eigenvalue weighted by Gasteiger charge is -2.12. The first kappa shape index (κ1) is 28.8. The van der Waals surface area contributed by atoms with E-state index in [9.17, 15) is 4.79 Å². The maximum atomic E-state index is 12.0. The quantitative estimate of drug-likeness (QED) is 0.163. The number of ether oxygens (including phenoxy) is 4. The van der Waals surface area contributed by atoms with Gasteiger partial charge in [0, 0.05) is 12.7 Å². The van der Waals surface area contributed by atoms with Crippen molar-refractivity contribution >= 4 is 12.0 Å². The van der Waals surface area contributed by atoms with Crippen LogP contribution in [-0.4, -0.2) is 58.7 Å². The van der Waals surface area contributed by atoms with Gasteiger partial charge in [-0.05, 0) is 62.5 Å². The molecule has 7 heteroatoms. The number of nitrogens with one attached hydrogen (secondary N) is 1. The standard InChI is InChI=1S/C26H43NO6/c1-30-23-20-22(21-24(31-2)26(23)32-3)14-15-25(29)33-19-13-9-5-7-11-17-27-16-10-6-4-8-12-18-28/h14-15,20-21,27-28H,4-13,16-19H2,1-3H3/b15-14+. The number of aliphatic hydroxyl groups excluding tert-OH is 1. The van der Waals surface area contributed by atoms with Crippen molar-refractivity contribution < 1.29 is 28.8 Å². The molecule has 0 aliphatic carbocycles. The minimum Gasteiger partial charge on any atom is -0.493 e. The number of benzene rings is 1. The van der Waals surface area contributed by atoms with E-state index in [-0.39, 0.29) is 5.97 Å². The Morgan fingerprint density at radius 3 is 1.91 bits per heavy atom. The van der Waals surface area contributed by atoms with E-state index in [4.69, 9.17) is 24.1 Å². The van der Waals surface area contributed by atoms with Crippen LogP contribution in [0.3, 0.4) is 0 Å². The second-order valence-electron chi connectivity index (χ2n) is 7.97. The molecule has 7 nitrogen and oxygen atoms in total. The SMILES string of the molecule is COc1cc(/C=C/C(=O)OCCCCCCCNCCCCCCCO)cc(OC)c1OC. The van der Waals surface area contributed by atoms with Gasteiger partial charge in [0.1, 0.15) is 0 Å². The molecule has 0 aliphatic rings. The summed E-state index contributed by atoms with van der Waals surface area (Å²) in [4.78, 5) is 12.0. The summed E-state index contributed by atoms with van der Waals surface area (Å²) in [5.74, 6) is 1.23. The van der Waals surface area contributed by atoms with Crippen molar-refractivity contribution in [3.63, 3.8) is 0 Å². The second kappa shape index (κ2) is 19.2. The molecule has 0 unspecified atom stereocenters. The third-order valence-electron chi connectivity index (χ3n) is 5.35. The van der Waals surface area contributed by atoms with Gasteiger partial charge in [0.05, 0.1) is 27.9 Å². The third-order valence-corrected chi connectivity index (χ3v) is 5.35. The summed E-state index contributed by atoms with van der Waals surface area (Å²) in [6.45, 7) is 2.90. The highest BCUT2D eigenvalue weighted by atomic mass is 16.5. The number of hydrogen-bond acceptors (Lipinski definition) is 7. The van der Waals surface area contributed by atoms with Crippen molar-refractivity contribution in [2.24, 2.45) is 0 Å². The predicted octanol–water partition coefficient (Wildman–Crippen LogP) is 4.75. The van der Waals surface area contributed by atoms with E-state index >= 15 is 0 Å². The van der Waals surface area contributed by atoms with E-state index in [0.29, 0.717) is 30.5 Å². The van der Waals surface area contributed by atoms with Crippen molar-refractivity contribution in [3.8, 4) is 17.2 Å². The fraction of sp³-hybridized carbons (Fsp3) is 0.654. The van der Waals surface area contributed by atoms with Crippen molar-refractivity contribution in [2.45, 2.75) is 64.2 Å². The van der Waals surface area contributed by atoms with Crippen molar-refractivity contribution in [1.82, 2.24) is 5.32 Å². The Hall–Kier alpha value is -2.25. The molecule has 0 amide bonds. The molecule has 0 spiro atoms. The molecule has 1 aromatic carbocycles. The number of unbranched alkanes of at least 4 members (excludes halogenated alkanes) is 8. The van der Waals surface area contributed by atoms with E-state index in [1.807, 2.05) is 0 Å². The van der Waals surface area contributed by atoms with Gasteiger partial charge in [0.25, 0.3) is 0 Å². The van der Waals surface area contributed by atoms with E-state index in [0.717, 1.165) is 50.8 Å². The summed E-state index contributed by atoms with van der Waals surface area (Å²) in [5, 5.41) is 12.2. The molecule has 0 heterocycles. The Kier molecular flexibility index (Phi) is 16.8. The number of methoxy groups -OCH3 is 3. The highest BCUT2D eigenvalue weighted by Crippen LogP contribution is 2.38. The monoisotopic (exact) mass is 465 g/mol. The van der Waals surface area contributed by atoms with E-state index in [1.54, 1.807) is 39.5 Å². The summed E-state index contributed by atoms with van der Waals surface area (Å²) in [6, 6.07) is 3.55. The highest BCUT2D eigenvalue weighted by molar-refractivity contribution is 5.87. The maximum Gasteiger partial charge on any atom is 0.330 e. The summed E-state index contributed by atoms with van der Waals surface area (Å²) in [7, 11) is 4.66. The first-order valence-corrected chi connectivity index (χ1v) is 12.1. The lowest BCUT2D eigenvalue weighted by atomic mass is 10.1. The fourth-order valence-corrected chi connectivity index (χ4v) is 3.48. The summed E-state index contributed by atoms with van der Waals surface area (Å²) in [6.07, 6.45) is 14.3. The van der Waals surface area contributed by atoms with Gasteiger partial charge >= 0.3 is 5.97 Å². The molecule has 0 saturated heterocycles. The Morgan fingerprint density at radius 1 is 0.818 bits per heavy atom. The lowest BCUT2D eigenvalue weighted by molar-refractivity contribution is -0.137. The molecule has 2 N–H and O–H groups in total. The van der Waals surface area contributed by atoms with Crippen LogP contribution in [0.5, 0.6) is 17.2 Å². The Morgan fingerprint density at radius 2 is 1.36 bits per heavy atom. The highest BCUT2D eigenvalue weighted by Gasteiger charge is 2.12. The average molecular weight is 466 g/mol. The van der Waals surface area contributed by atoms with E-state index in [2.05, 4.69) is 5.32 Å². The van der Waals surface area contributed by atoms with Gasteiger partial charge in [0.2, 0.25) is 5.75 Å². The zero-order valence-corrected chi connectivity index (χ0v) is 20.7. The van der Waals surface area contributed by atoms with E-state index in [1.165, 1.54) is 38.2 Å². The largest absolute Gasteiger partial charge is 0.493 e. The normalized spacial score (nSPS) is 11.0. The van der Waals surface area contributed by atoms with Crippen molar-refractivity contribution in [1.29, 1.82) is 0 Å². The second-order valence-corrected chi connectivity index (χ2v) is 7.97. The van der Waals surface area contributed by atoms with Gasteiger partial charge in [-0.2, -0.15) is 0 Å². The molecule has 1 aromatic rings. The molecule has 33 heavy (non-hydrogen) atoms. The topological polar surface area (TPSA) is 86.3 Å². The van der Waals surface area contributed by atoms with Crippen molar-refractivity contribution in [2.75, 3.05) is 47.6 Å². The van der Waals surface area contributed by atoms with Crippen LogP contribution in [0.15, 0.2) is 18.2 Å². The molecule has 0 bridgehead atoms. The first-order chi connectivity index (χ1) is 16.2. The number of esters is 1. The molecule has 0 aromatic heterocycles. The molecule has 1 rings (SSSR count). The zero-order valence-electron chi connectivity index (χ0n) is 20.7. The molecule has 0 radical (unpaired) electrons. The Balaban J connectivity index is 2.09. The first-order valence-electron chi connectivity index (χ1n) is 12.1. The van der Waals surface area contributed by atoms with Gasteiger partial charge in [-0.1, -0.05) is 38.5 Å². The maximum absolute atomic E-state index is 12.0. The molecule has 0 saturated carbocycles. The van der Waals surface area contributed by atoms with Crippen molar-refractivity contribution in [3.05, 3.63) is 23.8 Å². The average Bonchev–Trinajstić information content (AvgIpc) is 2.84. The fourth-order valence-electron chi connectivity index (χ4n) is 3.48. The van der Waals surface area contributed by atoms with Gasteiger partial charge < -0.3 is 29.4 Å². The van der Waals surface area contributed by atoms with Crippen LogP contribution in [0.1, 0.15) is 69.8 Å². The van der Waals surface area contributed by atoms with Crippen LogP contribution in [0, 0.1) is 0 Å². The number of carbonyl (C=O) groups is 1. The van der Waals surface area contributed by atoms with E-state index < -0.39 is 0 Å². The molecular formula is C26H43NO6. The van der Waals surface area contributed by atoms with Crippen LogP contribution < -0.4 is 19.5 Å². The van der Waals surface area contributed by atoms with Crippen LogP contribution in [0.25, 0.3) is 6.08 Å². The number of aliphatic hydroxyl groups is 1. The molecule has 0 fully saturated rings. The minimum atomic E-state index is -0.357. The van der Waals surface area contributed by atoms with Gasteiger partial charge in [0.15, 0.2) is 11.5 Å². The minimum absolute atomic E-state index is 0.314. The predicted molar refractivity (Wildman–Crippen MR) is 132 cm³/mol. The Bertz CT molecular complexity index is 652. The smallest absolute Gasteiger partial charge is 0.330 e. The summed E-state index contributed by atoms with van der Waals surface area (Å²) < 4.78 is 21.2. The van der Waals surface area contributed by atoms with Crippen LogP contribution in [-0.2, 0) is 9.53 Å². The van der Waals surface area contributed by atoms with Crippen LogP contribution >= 0.6 is 0 Å². The molecule has 0 atom stereocenters.